The van der Waals surface area contributed by atoms with Gasteiger partial charge in [-0.25, -0.2) is 0 Å². The van der Waals surface area contributed by atoms with Crippen molar-refractivity contribution in [3.63, 3.8) is 0 Å². The zero-order chi connectivity index (χ0) is 17.9. The summed E-state index contributed by atoms with van der Waals surface area (Å²) in [7, 11) is 3.05. The van der Waals surface area contributed by atoms with Crippen molar-refractivity contribution in [2.75, 3.05) is 20.7 Å². The maximum Gasteiger partial charge on any atom is 0.416 e. The van der Waals surface area contributed by atoms with Crippen LogP contribution in [0.2, 0.25) is 0 Å². The van der Waals surface area contributed by atoms with Crippen molar-refractivity contribution < 1.29 is 27.8 Å². The molecule has 0 spiro atoms. The molecule has 0 heterocycles. The van der Waals surface area contributed by atoms with Crippen LogP contribution in [0.3, 0.4) is 0 Å². The molecule has 1 N–H and O–H groups in total. The van der Waals surface area contributed by atoms with E-state index in [4.69, 9.17) is 4.74 Å². The molecule has 0 aliphatic carbocycles. The number of carbonyl (C=O) groups excluding carboxylic acids is 1. The number of nitrogens with zero attached hydrogens (tertiary/aromatic N) is 1. The molecule has 0 aromatic heterocycles. The van der Waals surface area contributed by atoms with Gasteiger partial charge < -0.3 is 14.7 Å². The Balaban J connectivity index is 2.38. The van der Waals surface area contributed by atoms with Gasteiger partial charge >= 0.3 is 6.18 Å². The van der Waals surface area contributed by atoms with Crippen LogP contribution in [-0.2, 0) is 11.0 Å². The first kappa shape index (κ1) is 17.7. The number of hydrogen-bond donors (Lipinski definition) is 1. The lowest BCUT2D eigenvalue weighted by atomic mass is 10.0. The lowest BCUT2D eigenvalue weighted by molar-refractivity contribution is -0.137. The predicted octanol–water partition coefficient (Wildman–Crippen LogP) is 3.55. The number of amides is 1. The van der Waals surface area contributed by atoms with Crippen LogP contribution in [0.5, 0.6) is 11.5 Å². The van der Waals surface area contributed by atoms with Crippen molar-refractivity contribution in [2.24, 2.45) is 0 Å². The highest BCUT2D eigenvalue weighted by atomic mass is 19.4. The minimum atomic E-state index is -4.55. The van der Waals surface area contributed by atoms with E-state index in [2.05, 4.69) is 0 Å². The summed E-state index contributed by atoms with van der Waals surface area (Å²) in [6.45, 7) is -0.358. The number of rotatable bonds is 4. The van der Waals surface area contributed by atoms with E-state index in [-0.39, 0.29) is 29.6 Å². The number of hydrogen-bond acceptors (Lipinski definition) is 3. The second-order valence-corrected chi connectivity index (χ2v) is 5.37. The summed E-state index contributed by atoms with van der Waals surface area (Å²) in [4.78, 5) is 12.8. The third-order valence-corrected chi connectivity index (χ3v) is 3.30. The Morgan fingerprint density at radius 2 is 1.71 bits per heavy atom. The molecule has 0 bridgehead atoms. The molecule has 2 aromatic rings. The van der Waals surface area contributed by atoms with Crippen LogP contribution in [-0.4, -0.2) is 36.6 Å². The van der Waals surface area contributed by atoms with Crippen LogP contribution >= 0.6 is 0 Å². The average Bonchev–Trinajstić information content (AvgIpc) is 2.52. The lowest BCUT2D eigenvalue weighted by Gasteiger charge is -2.15. The van der Waals surface area contributed by atoms with Crippen molar-refractivity contribution in [3.05, 3.63) is 48.0 Å². The molecular formula is C17H16F3NO3. The summed E-state index contributed by atoms with van der Waals surface area (Å²) in [5.41, 5.74) is -0.111. The van der Waals surface area contributed by atoms with Gasteiger partial charge in [0.2, 0.25) is 0 Å². The van der Waals surface area contributed by atoms with Crippen LogP contribution in [0, 0.1) is 0 Å². The minimum Gasteiger partial charge on any atom is -0.508 e. The van der Waals surface area contributed by atoms with Gasteiger partial charge in [0.1, 0.15) is 11.5 Å². The summed E-state index contributed by atoms with van der Waals surface area (Å²) in [5.74, 6) is -0.402. The molecule has 0 saturated carbocycles. The van der Waals surface area contributed by atoms with Crippen LogP contribution < -0.4 is 4.74 Å². The van der Waals surface area contributed by atoms with E-state index in [1.807, 2.05) is 0 Å². The highest BCUT2D eigenvalue weighted by molar-refractivity contribution is 5.77. The van der Waals surface area contributed by atoms with Crippen molar-refractivity contribution >= 4 is 5.91 Å². The fourth-order valence-corrected chi connectivity index (χ4v) is 1.94. The van der Waals surface area contributed by atoms with Crippen molar-refractivity contribution in [1.29, 1.82) is 0 Å². The zero-order valence-electron chi connectivity index (χ0n) is 13.1. The number of phenolic OH excluding ortho intramolecular Hbond substituents is 1. The van der Waals surface area contributed by atoms with Gasteiger partial charge in [-0.1, -0.05) is 12.1 Å². The van der Waals surface area contributed by atoms with Crippen LogP contribution in [0.4, 0.5) is 13.2 Å². The van der Waals surface area contributed by atoms with E-state index in [1.54, 1.807) is 0 Å². The molecule has 128 valence electrons. The third kappa shape index (κ3) is 4.41. The molecule has 7 heteroatoms. The summed E-state index contributed by atoms with van der Waals surface area (Å²) in [6, 6.07) is 9.03. The molecule has 4 nitrogen and oxygen atoms in total. The molecule has 1 amide bonds. The first-order chi connectivity index (χ1) is 11.2. The highest BCUT2D eigenvalue weighted by Crippen LogP contribution is 2.36. The van der Waals surface area contributed by atoms with Gasteiger partial charge in [0.05, 0.1) is 5.56 Å². The van der Waals surface area contributed by atoms with Gasteiger partial charge in [-0.3, -0.25) is 4.79 Å². The maximum atomic E-state index is 13.1. The minimum absolute atomic E-state index is 0.0128. The molecule has 0 atom stereocenters. The summed E-state index contributed by atoms with van der Waals surface area (Å²) >= 11 is 0. The highest BCUT2D eigenvalue weighted by Gasteiger charge is 2.31. The molecule has 24 heavy (non-hydrogen) atoms. The Morgan fingerprint density at radius 3 is 2.25 bits per heavy atom. The fraction of sp³-hybridized carbons (Fsp3) is 0.235. The first-order valence-electron chi connectivity index (χ1n) is 7.01. The van der Waals surface area contributed by atoms with E-state index >= 15 is 0 Å². The second kappa shape index (κ2) is 6.82. The van der Waals surface area contributed by atoms with Crippen LogP contribution in [0.15, 0.2) is 42.5 Å². The summed E-state index contributed by atoms with van der Waals surface area (Å²) in [5, 5.41) is 9.29. The average molecular weight is 339 g/mol. The molecule has 2 rings (SSSR count). The number of ether oxygens (including phenoxy) is 1. The predicted molar refractivity (Wildman–Crippen MR) is 82.7 cm³/mol. The quantitative estimate of drug-likeness (QED) is 0.927. The third-order valence-electron chi connectivity index (χ3n) is 3.30. The van der Waals surface area contributed by atoms with Gasteiger partial charge in [-0.15, -0.1) is 0 Å². The number of carbonyl (C=O) groups is 1. The standard InChI is InChI=1S/C17H16F3NO3/c1-21(2)16(23)10-24-15-8-12(7-13(9-15)17(18,19)20)11-3-5-14(22)6-4-11/h3-9,22H,10H2,1-2H3. The number of phenols is 1. The molecule has 0 saturated heterocycles. The molecule has 0 aliphatic rings. The van der Waals surface area contributed by atoms with Crippen LogP contribution in [0.1, 0.15) is 5.56 Å². The molecular weight excluding hydrogens is 323 g/mol. The molecule has 0 fully saturated rings. The largest absolute Gasteiger partial charge is 0.508 e. The van der Waals surface area contributed by atoms with Crippen molar-refractivity contribution in [1.82, 2.24) is 4.90 Å². The number of aromatic hydroxyl groups is 1. The molecule has 0 radical (unpaired) electrons. The Labute approximate surface area is 137 Å². The second-order valence-electron chi connectivity index (χ2n) is 5.37. The molecule has 0 aliphatic heterocycles. The Hall–Kier alpha value is -2.70. The topological polar surface area (TPSA) is 49.8 Å². The van der Waals surface area contributed by atoms with E-state index in [1.165, 1.54) is 49.3 Å². The number of halogens is 3. The lowest BCUT2D eigenvalue weighted by Crippen LogP contribution is -2.27. The number of benzene rings is 2. The Morgan fingerprint density at radius 1 is 1.08 bits per heavy atom. The van der Waals surface area contributed by atoms with Gasteiger partial charge in [-0.2, -0.15) is 13.2 Å². The van der Waals surface area contributed by atoms with Crippen LogP contribution in [0.25, 0.3) is 11.1 Å². The zero-order valence-corrected chi connectivity index (χ0v) is 13.1. The SMILES string of the molecule is CN(C)C(=O)COc1cc(-c2ccc(O)cc2)cc(C(F)(F)F)c1. The first-order valence-corrected chi connectivity index (χ1v) is 7.01. The van der Waals surface area contributed by atoms with E-state index in [0.29, 0.717) is 5.56 Å². The number of likely N-dealkylation sites (N-methyl/N-ethyl adjacent to an activating group) is 1. The molecule has 2 aromatic carbocycles. The monoisotopic (exact) mass is 339 g/mol. The molecule has 0 unspecified atom stereocenters. The van der Waals surface area contributed by atoms with E-state index in [9.17, 15) is 23.1 Å². The van der Waals surface area contributed by atoms with Gasteiger partial charge in [0.25, 0.3) is 5.91 Å². The number of alkyl halides is 3. The van der Waals surface area contributed by atoms with Crippen molar-refractivity contribution in [3.8, 4) is 22.6 Å². The summed E-state index contributed by atoms with van der Waals surface area (Å²) in [6.07, 6.45) is -4.55. The van der Waals surface area contributed by atoms with E-state index < -0.39 is 11.7 Å². The van der Waals surface area contributed by atoms with Gasteiger partial charge in [0, 0.05) is 14.1 Å². The van der Waals surface area contributed by atoms with E-state index in [0.717, 1.165) is 12.1 Å². The normalized spacial score (nSPS) is 11.2. The van der Waals surface area contributed by atoms with Gasteiger partial charge in [-0.05, 0) is 41.5 Å². The summed E-state index contributed by atoms with van der Waals surface area (Å²) < 4.78 is 44.5. The fourth-order valence-electron chi connectivity index (χ4n) is 1.94. The Bertz CT molecular complexity index is 725. The maximum absolute atomic E-state index is 13.1. The smallest absolute Gasteiger partial charge is 0.416 e. The Kier molecular flexibility index (Phi) is 5.02. The van der Waals surface area contributed by atoms with Gasteiger partial charge in [0.15, 0.2) is 6.61 Å². The van der Waals surface area contributed by atoms with Crippen molar-refractivity contribution in [2.45, 2.75) is 6.18 Å².